The van der Waals surface area contributed by atoms with E-state index in [-0.39, 0.29) is 0 Å². The Balaban J connectivity index is 1.88. The van der Waals surface area contributed by atoms with Crippen molar-refractivity contribution in [2.75, 3.05) is 6.54 Å². The van der Waals surface area contributed by atoms with Crippen LogP contribution in [0.2, 0.25) is 0 Å². The van der Waals surface area contributed by atoms with E-state index in [0.29, 0.717) is 0 Å². The molecule has 1 aliphatic heterocycles. The molecule has 2 saturated carbocycles. The zero-order chi connectivity index (χ0) is 6.60. The van der Waals surface area contributed by atoms with Gasteiger partial charge in [-0.05, 0) is 50.0 Å². The largest absolute Gasteiger partial charge is 0.313 e. The molecule has 10 heavy (non-hydrogen) atoms. The Hall–Kier alpha value is -0.0400. The van der Waals surface area contributed by atoms with Gasteiger partial charge in [-0.3, -0.25) is 0 Å². The molecule has 1 heterocycles. The van der Waals surface area contributed by atoms with Crippen LogP contribution in [0.3, 0.4) is 0 Å². The Morgan fingerprint density at radius 3 is 2.40 bits per heavy atom. The molecule has 0 radical (unpaired) electrons. The van der Waals surface area contributed by atoms with Crippen LogP contribution in [0.4, 0.5) is 0 Å². The van der Waals surface area contributed by atoms with E-state index in [1.54, 1.807) is 0 Å². The smallest absolute Gasteiger partial charge is 0.0126 e. The lowest BCUT2D eigenvalue weighted by Crippen LogP contribution is -2.65. The van der Waals surface area contributed by atoms with Gasteiger partial charge < -0.3 is 5.32 Å². The van der Waals surface area contributed by atoms with Gasteiger partial charge in [-0.15, -0.1) is 0 Å². The molecular formula is C9H15N. The Kier molecular flexibility index (Phi) is 0.883. The minimum absolute atomic E-state index is 0.845. The molecule has 1 heteroatoms. The Labute approximate surface area is 62.2 Å². The highest BCUT2D eigenvalue weighted by Crippen LogP contribution is 2.62. The zero-order valence-corrected chi connectivity index (χ0v) is 6.40. The minimum Gasteiger partial charge on any atom is -0.313 e. The van der Waals surface area contributed by atoms with Gasteiger partial charge in [0.25, 0.3) is 0 Å². The molecule has 1 nitrogen and oxygen atoms in total. The molecule has 56 valence electrons. The van der Waals surface area contributed by atoms with Gasteiger partial charge in [-0.1, -0.05) is 0 Å². The highest BCUT2D eigenvalue weighted by molar-refractivity contribution is 5.12. The Bertz CT molecular complexity index is 146. The van der Waals surface area contributed by atoms with Crippen molar-refractivity contribution in [3.8, 4) is 0 Å². The quantitative estimate of drug-likeness (QED) is 0.534. The molecule has 3 fully saturated rings. The molecule has 2 aliphatic carbocycles. The molecule has 1 spiro atoms. The van der Waals surface area contributed by atoms with Crippen LogP contribution in [0.25, 0.3) is 0 Å². The molecule has 0 aromatic carbocycles. The Morgan fingerprint density at radius 1 is 1.10 bits per heavy atom. The van der Waals surface area contributed by atoms with Crippen molar-refractivity contribution in [2.45, 2.75) is 38.1 Å². The lowest BCUT2D eigenvalue weighted by Gasteiger charge is -2.64. The van der Waals surface area contributed by atoms with Gasteiger partial charge in [0, 0.05) is 6.04 Å². The van der Waals surface area contributed by atoms with Crippen molar-refractivity contribution in [1.29, 1.82) is 0 Å². The Morgan fingerprint density at radius 2 is 2.00 bits per heavy atom. The molecule has 3 aliphatic rings. The van der Waals surface area contributed by atoms with E-state index in [2.05, 4.69) is 5.32 Å². The number of nitrogens with one attached hydrogen (secondary N) is 1. The summed E-state index contributed by atoms with van der Waals surface area (Å²) in [5.41, 5.74) is 0.845. The van der Waals surface area contributed by atoms with Crippen LogP contribution >= 0.6 is 0 Å². The highest BCUT2D eigenvalue weighted by atomic mass is 15.0. The fraction of sp³-hybridized carbons (Fsp3) is 1.00. The number of hydrogen-bond acceptors (Lipinski definition) is 1. The standard InChI is InChI=1S/C9H15N/c1-4-9-5-2-8(9)10-6-3-7(1)9/h7-8,10H,1-6H2/t7?,8?,9-/m0/s1. The van der Waals surface area contributed by atoms with Crippen LogP contribution in [0.5, 0.6) is 0 Å². The molecule has 1 saturated heterocycles. The van der Waals surface area contributed by atoms with Gasteiger partial charge >= 0.3 is 0 Å². The number of hydrogen-bond donors (Lipinski definition) is 1. The lowest BCUT2D eigenvalue weighted by atomic mass is 9.45. The lowest BCUT2D eigenvalue weighted by molar-refractivity contribution is -0.110. The average Bonchev–Trinajstić information content (AvgIpc) is 1.80. The first-order valence-corrected chi connectivity index (χ1v) is 4.65. The summed E-state index contributed by atoms with van der Waals surface area (Å²) in [5, 5.41) is 3.64. The second-order valence-electron chi connectivity index (χ2n) is 4.30. The number of rotatable bonds is 0. The molecule has 0 bridgehead atoms. The first-order valence-electron chi connectivity index (χ1n) is 4.65. The summed E-state index contributed by atoms with van der Waals surface area (Å²) >= 11 is 0. The van der Waals surface area contributed by atoms with Crippen LogP contribution in [-0.4, -0.2) is 12.6 Å². The SMILES string of the molecule is C1CC2CC[C@]23CCC3N1. The molecular weight excluding hydrogens is 122 g/mol. The molecule has 0 aromatic heterocycles. The third kappa shape index (κ3) is 0.430. The van der Waals surface area contributed by atoms with E-state index in [0.717, 1.165) is 17.4 Å². The van der Waals surface area contributed by atoms with Gasteiger partial charge in [0.2, 0.25) is 0 Å². The maximum atomic E-state index is 3.64. The monoisotopic (exact) mass is 137 g/mol. The summed E-state index contributed by atoms with van der Waals surface area (Å²) in [6, 6.07) is 0.944. The van der Waals surface area contributed by atoms with Crippen molar-refractivity contribution in [2.24, 2.45) is 11.3 Å². The van der Waals surface area contributed by atoms with Crippen LogP contribution < -0.4 is 5.32 Å². The minimum atomic E-state index is 0.845. The van der Waals surface area contributed by atoms with E-state index in [9.17, 15) is 0 Å². The van der Waals surface area contributed by atoms with Crippen molar-refractivity contribution in [3.05, 3.63) is 0 Å². The number of piperidine rings is 1. The van der Waals surface area contributed by atoms with Gasteiger partial charge in [0.1, 0.15) is 0 Å². The van der Waals surface area contributed by atoms with Crippen molar-refractivity contribution in [3.63, 3.8) is 0 Å². The van der Waals surface area contributed by atoms with E-state index in [1.165, 1.54) is 38.6 Å². The first-order chi connectivity index (χ1) is 4.92. The molecule has 2 unspecified atom stereocenters. The summed E-state index contributed by atoms with van der Waals surface area (Å²) < 4.78 is 0. The zero-order valence-electron chi connectivity index (χ0n) is 6.40. The predicted octanol–water partition coefficient (Wildman–Crippen LogP) is 1.54. The van der Waals surface area contributed by atoms with E-state index in [1.807, 2.05) is 0 Å². The van der Waals surface area contributed by atoms with E-state index >= 15 is 0 Å². The van der Waals surface area contributed by atoms with Gasteiger partial charge in [0.05, 0.1) is 0 Å². The molecule has 3 atom stereocenters. The second-order valence-corrected chi connectivity index (χ2v) is 4.30. The average molecular weight is 137 g/mol. The summed E-state index contributed by atoms with van der Waals surface area (Å²) in [7, 11) is 0. The summed E-state index contributed by atoms with van der Waals surface area (Å²) in [4.78, 5) is 0. The third-order valence-corrected chi connectivity index (χ3v) is 4.25. The first kappa shape index (κ1) is 5.59. The van der Waals surface area contributed by atoms with E-state index in [4.69, 9.17) is 0 Å². The molecule has 1 N–H and O–H groups in total. The molecule has 3 rings (SSSR count). The van der Waals surface area contributed by atoms with Crippen LogP contribution in [0, 0.1) is 11.3 Å². The van der Waals surface area contributed by atoms with Gasteiger partial charge in [-0.25, -0.2) is 0 Å². The topological polar surface area (TPSA) is 12.0 Å². The third-order valence-electron chi connectivity index (χ3n) is 4.25. The van der Waals surface area contributed by atoms with E-state index < -0.39 is 0 Å². The van der Waals surface area contributed by atoms with Crippen molar-refractivity contribution in [1.82, 2.24) is 5.32 Å². The van der Waals surface area contributed by atoms with Crippen LogP contribution in [0.1, 0.15) is 32.1 Å². The maximum absolute atomic E-state index is 3.64. The maximum Gasteiger partial charge on any atom is 0.0126 e. The van der Waals surface area contributed by atoms with Crippen molar-refractivity contribution < 1.29 is 0 Å². The highest BCUT2D eigenvalue weighted by Gasteiger charge is 2.58. The predicted molar refractivity (Wildman–Crippen MR) is 40.8 cm³/mol. The summed E-state index contributed by atoms with van der Waals surface area (Å²) in [6.45, 7) is 1.30. The van der Waals surface area contributed by atoms with Crippen LogP contribution in [-0.2, 0) is 0 Å². The molecule has 0 aromatic rings. The normalized spacial score (nSPS) is 57.6. The van der Waals surface area contributed by atoms with Crippen molar-refractivity contribution >= 4 is 0 Å². The second kappa shape index (κ2) is 1.58. The summed E-state index contributed by atoms with van der Waals surface area (Å²) in [6.07, 6.45) is 7.55. The fourth-order valence-corrected chi connectivity index (χ4v) is 3.34. The fourth-order valence-electron chi connectivity index (χ4n) is 3.34. The van der Waals surface area contributed by atoms with Crippen LogP contribution in [0.15, 0.2) is 0 Å². The molecule has 0 amide bonds. The van der Waals surface area contributed by atoms with Gasteiger partial charge in [-0.2, -0.15) is 0 Å². The summed E-state index contributed by atoms with van der Waals surface area (Å²) in [5.74, 6) is 1.13. The van der Waals surface area contributed by atoms with Gasteiger partial charge in [0.15, 0.2) is 0 Å².